The summed E-state index contributed by atoms with van der Waals surface area (Å²) in [7, 11) is 0. The maximum Gasteiger partial charge on any atom is 0.407 e. The number of rotatable bonds is 3. The largest absolute Gasteiger partial charge is 0.481 e. The number of ether oxygens (including phenoxy) is 1. The lowest BCUT2D eigenvalue weighted by molar-refractivity contribution is -0.157. The third-order valence-electron chi connectivity index (χ3n) is 4.35. The predicted molar refractivity (Wildman–Crippen MR) is 87.2 cm³/mol. The highest BCUT2D eigenvalue weighted by Crippen LogP contribution is 2.45. The molecule has 1 rings (SSSR count). The van der Waals surface area contributed by atoms with Gasteiger partial charge in [0.1, 0.15) is 5.60 Å². The fourth-order valence-electron chi connectivity index (χ4n) is 3.35. The zero-order valence-electron chi connectivity index (χ0n) is 15.1. The summed E-state index contributed by atoms with van der Waals surface area (Å²) in [4.78, 5) is 24.3. The molecule has 1 unspecified atom stereocenters. The molecule has 1 aliphatic carbocycles. The summed E-state index contributed by atoms with van der Waals surface area (Å²) in [6.07, 6.45) is 0.445. The molecule has 0 spiro atoms. The lowest BCUT2D eigenvalue weighted by Gasteiger charge is -2.47. The Kier molecular flexibility index (Phi) is 5.73. The first-order valence-corrected chi connectivity index (χ1v) is 8.19. The smallest absolute Gasteiger partial charge is 0.407 e. The third kappa shape index (κ3) is 5.09. The number of carbonyl (C=O) groups is 2. The first-order chi connectivity index (χ1) is 10.3. The van der Waals surface area contributed by atoms with E-state index in [-0.39, 0.29) is 0 Å². The van der Waals surface area contributed by atoms with Crippen LogP contribution in [0.3, 0.4) is 0 Å². The number of hydrogen-bond acceptors (Lipinski definition) is 4. The van der Waals surface area contributed by atoms with Crippen molar-refractivity contribution in [1.29, 1.82) is 0 Å². The van der Waals surface area contributed by atoms with Gasteiger partial charge in [0.2, 0.25) is 0 Å². The molecular formula is C17H31NO5. The van der Waals surface area contributed by atoms with E-state index in [4.69, 9.17) is 4.74 Å². The maximum absolute atomic E-state index is 12.2. The highest BCUT2D eigenvalue weighted by atomic mass is 16.6. The van der Waals surface area contributed by atoms with E-state index in [0.29, 0.717) is 25.7 Å². The summed E-state index contributed by atoms with van der Waals surface area (Å²) in [6, 6.07) is -0.588. The lowest BCUT2D eigenvalue weighted by atomic mass is 9.61. The number of alkyl carbamates (subject to hydrolysis) is 1. The molecule has 1 saturated carbocycles. The van der Waals surface area contributed by atoms with Crippen molar-refractivity contribution >= 4 is 12.1 Å². The number of aliphatic carboxylic acids is 1. The number of hydrogen-bond donors (Lipinski definition) is 3. The van der Waals surface area contributed by atoms with Gasteiger partial charge in [0.25, 0.3) is 0 Å². The number of nitrogens with one attached hydrogen (secondary N) is 1. The fraction of sp³-hybridized carbons (Fsp3) is 0.882. The molecule has 0 bridgehead atoms. The second-order valence-corrected chi connectivity index (χ2v) is 8.64. The van der Waals surface area contributed by atoms with E-state index in [1.54, 1.807) is 20.8 Å². The SMILES string of the molecule is CC(C)(C)OC(=O)NC(C(C)(C)C)C1(C(=O)O)CCC(O)CC1. The molecule has 0 aromatic heterocycles. The van der Waals surface area contributed by atoms with Crippen LogP contribution in [0.2, 0.25) is 0 Å². The number of carboxylic acids is 1. The molecule has 1 amide bonds. The Morgan fingerprint density at radius 1 is 1.13 bits per heavy atom. The number of amides is 1. The normalized spacial score (nSPS) is 27.2. The van der Waals surface area contributed by atoms with Gasteiger partial charge in [0.15, 0.2) is 0 Å². The van der Waals surface area contributed by atoms with Crippen LogP contribution in [0.25, 0.3) is 0 Å². The van der Waals surface area contributed by atoms with Gasteiger partial charge in [-0.15, -0.1) is 0 Å². The van der Waals surface area contributed by atoms with Crippen molar-refractivity contribution in [2.24, 2.45) is 10.8 Å². The van der Waals surface area contributed by atoms with Crippen molar-refractivity contribution in [3.63, 3.8) is 0 Å². The molecule has 0 aliphatic heterocycles. The molecule has 0 aromatic carbocycles. The molecule has 23 heavy (non-hydrogen) atoms. The predicted octanol–water partition coefficient (Wildman–Crippen LogP) is 2.93. The summed E-state index contributed by atoms with van der Waals surface area (Å²) in [5, 5.41) is 22.4. The number of aliphatic hydroxyl groups excluding tert-OH is 1. The van der Waals surface area contributed by atoms with Crippen LogP contribution in [0.15, 0.2) is 0 Å². The van der Waals surface area contributed by atoms with Gasteiger partial charge in [0, 0.05) is 0 Å². The molecule has 1 aliphatic rings. The van der Waals surface area contributed by atoms with Crippen LogP contribution in [0, 0.1) is 10.8 Å². The average Bonchev–Trinajstić information content (AvgIpc) is 2.34. The molecular weight excluding hydrogens is 298 g/mol. The Morgan fingerprint density at radius 2 is 1.61 bits per heavy atom. The number of carbonyl (C=O) groups excluding carboxylic acids is 1. The molecule has 0 radical (unpaired) electrons. The summed E-state index contributed by atoms with van der Waals surface area (Å²) in [5.74, 6) is -0.930. The second kappa shape index (κ2) is 6.67. The van der Waals surface area contributed by atoms with E-state index < -0.39 is 40.6 Å². The third-order valence-corrected chi connectivity index (χ3v) is 4.35. The van der Waals surface area contributed by atoms with Gasteiger partial charge in [-0.2, -0.15) is 0 Å². The molecule has 0 heterocycles. The quantitative estimate of drug-likeness (QED) is 0.740. The van der Waals surface area contributed by atoms with Crippen LogP contribution in [0.5, 0.6) is 0 Å². The Hall–Kier alpha value is -1.30. The van der Waals surface area contributed by atoms with E-state index in [1.807, 2.05) is 20.8 Å². The average molecular weight is 329 g/mol. The fourth-order valence-corrected chi connectivity index (χ4v) is 3.35. The molecule has 1 atom stereocenters. The molecule has 6 nitrogen and oxygen atoms in total. The van der Waals surface area contributed by atoms with Crippen molar-refractivity contribution < 1.29 is 24.5 Å². The zero-order valence-corrected chi connectivity index (χ0v) is 15.1. The van der Waals surface area contributed by atoms with Crippen molar-refractivity contribution in [2.45, 2.75) is 85.0 Å². The molecule has 0 aromatic rings. The first-order valence-electron chi connectivity index (χ1n) is 8.19. The van der Waals surface area contributed by atoms with Crippen LogP contribution in [-0.2, 0) is 9.53 Å². The highest BCUT2D eigenvalue weighted by Gasteiger charge is 2.53. The standard InChI is InChI=1S/C17H31NO5/c1-15(2,3)12(18-14(22)23-16(4,5)6)17(13(20)21)9-7-11(19)8-10-17/h11-12,19H,7-10H2,1-6H3,(H,18,22)(H,20,21). The summed E-state index contributed by atoms with van der Waals surface area (Å²) < 4.78 is 5.31. The van der Waals surface area contributed by atoms with Crippen LogP contribution < -0.4 is 5.32 Å². The number of carboxylic acid groups (broad SMARTS) is 1. The topological polar surface area (TPSA) is 95.9 Å². The van der Waals surface area contributed by atoms with Gasteiger partial charge in [0.05, 0.1) is 17.6 Å². The van der Waals surface area contributed by atoms with Crippen molar-refractivity contribution in [1.82, 2.24) is 5.32 Å². The van der Waals surface area contributed by atoms with Gasteiger partial charge in [-0.25, -0.2) is 4.79 Å². The summed E-state index contributed by atoms with van der Waals surface area (Å²) in [6.45, 7) is 11.0. The second-order valence-electron chi connectivity index (χ2n) is 8.64. The minimum Gasteiger partial charge on any atom is -0.481 e. The van der Waals surface area contributed by atoms with E-state index in [9.17, 15) is 19.8 Å². The van der Waals surface area contributed by atoms with E-state index in [0.717, 1.165) is 0 Å². The Labute approximate surface area is 138 Å². The maximum atomic E-state index is 12.2. The molecule has 0 saturated heterocycles. The Bertz CT molecular complexity index is 439. The minimum absolute atomic E-state index is 0.335. The van der Waals surface area contributed by atoms with Gasteiger partial charge < -0.3 is 20.3 Å². The first kappa shape index (κ1) is 19.7. The monoisotopic (exact) mass is 329 g/mol. The molecule has 3 N–H and O–H groups in total. The zero-order chi connectivity index (χ0) is 18.1. The minimum atomic E-state index is -1.09. The van der Waals surface area contributed by atoms with E-state index in [2.05, 4.69) is 5.32 Å². The van der Waals surface area contributed by atoms with Crippen molar-refractivity contribution in [3.05, 3.63) is 0 Å². The van der Waals surface area contributed by atoms with Crippen molar-refractivity contribution in [2.75, 3.05) is 0 Å². The Morgan fingerprint density at radius 3 is 1.96 bits per heavy atom. The van der Waals surface area contributed by atoms with Crippen LogP contribution >= 0.6 is 0 Å². The van der Waals surface area contributed by atoms with Gasteiger partial charge in [-0.3, -0.25) is 4.79 Å². The van der Waals surface area contributed by atoms with E-state index >= 15 is 0 Å². The lowest BCUT2D eigenvalue weighted by Crippen LogP contribution is -2.60. The van der Waals surface area contributed by atoms with Gasteiger partial charge in [-0.05, 0) is 51.9 Å². The van der Waals surface area contributed by atoms with Gasteiger partial charge in [-0.1, -0.05) is 20.8 Å². The Balaban J connectivity index is 3.08. The summed E-state index contributed by atoms with van der Waals surface area (Å²) in [5.41, 5.74) is -2.20. The van der Waals surface area contributed by atoms with Crippen LogP contribution in [-0.4, -0.2) is 40.0 Å². The van der Waals surface area contributed by atoms with Crippen LogP contribution in [0.4, 0.5) is 4.79 Å². The molecule has 134 valence electrons. The molecule has 6 heteroatoms. The summed E-state index contributed by atoms with van der Waals surface area (Å²) >= 11 is 0. The van der Waals surface area contributed by atoms with E-state index in [1.165, 1.54) is 0 Å². The van der Waals surface area contributed by atoms with Crippen molar-refractivity contribution in [3.8, 4) is 0 Å². The van der Waals surface area contributed by atoms with Crippen LogP contribution in [0.1, 0.15) is 67.2 Å². The number of aliphatic hydroxyl groups is 1. The molecule has 1 fully saturated rings. The highest BCUT2D eigenvalue weighted by molar-refractivity contribution is 5.78. The van der Waals surface area contributed by atoms with Gasteiger partial charge >= 0.3 is 12.1 Å².